The largest absolute Gasteiger partial charge is 0.441 e. The molecule has 0 aliphatic rings. The van der Waals surface area contributed by atoms with Gasteiger partial charge >= 0.3 is 11.5 Å². The summed E-state index contributed by atoms with van der Waals surface area (Å²) >= 11 is -0.0237. The van der Waals surface area contributed by atoms with Gasteiger partial charge in [-0.1, -0.05) is 23.9 Å². The van der Waals surface area contributed by atoms with Gasteiger partial charge in [0.25, 0.3) is 0 Å². The van der Waals surface area contributed by atoms with E-state index in [9.17, 15) is 22.4 Å². The minimum Gasteiger partial charge on any atom is -0.359 e. The van der Waals surface area contributed by atoms with Crippen LogP contribution in [0.15, 0.2) is 48.7 Å². The highest BCUT2D eigenvalue weighted by Gasteiger charge is 2.27. The Morgan fingerprint density at radius 3 is 2.54 bits per heavy atom. The molecule has 0 aliphatic carbocycles. The molecule has 148 valence electrons. The third kappa shape index (κ3) is 5.66. The lowest BCUT2D eigenvalue weighted by molar-refractivity contribution is -0.0328. The van der Waals surface area contributed by atoms with E-state index in [1.165, 1.54) is 12.1 Å². The second kappa shape index (κ2) is 8.55. The van der Waals surface area contributed by atoms with Crippen molar-refractivity contribution < 1.29 is 22.4 Å². The van der Waals surface area contributed by atoms with E-state index in [0.29, 0.717) is 35.1 Å². The summed E-state index contributed by atoms with van der Waals surface area (Å²) in [6.45, 7) is 0. The average Bonchev–Trinajstić information content (AvgIpc) is 3.01. The van der Waals surface area contributed by atoms with Crippen molar-refractivity contribution in [1.82, 2.24) is 4.98 Å². The summed E-state index contributed by atoms with van der Waals surface area (Å²) < 4.78 is 49.7. The zero-order chi connectivity index (χ0) is 20.1. The van der Waals surface area contributed by atoms with E-state index in [-0.39, 0.29) is 17.5 Å². The van der Waals surface area contributed by atoms with Gasteiger partial charge in [0.15, 0.2) is 0 Å². The summed E-state index contributed by atoms with van der Waals surface area (Å²) in [6, 6.07) is 10.6. The van der Waals surface area contributed by atoms with Gasteiger partial charge in [-0.15, -0.1) is 0 Å². The highest BCUT2D eigenvalue weighted by Crippen LogP contribution is 2.30. The molecule has 0 radical (unpaired) electrons. The highest BCUT2D eigenvalue weighted by molar-refractivity contribution is 8.00. The van der Waals surface area contributed by atoms with Crippen LogP contribution < -0.4 is 10.6 Å². The number of alkyl halides is 3. The Bertz CT molecular complexity index is 954. The van der Waals surface area contributed by atoms with Crippen LogP contribution in [0.25, 0.3) is 10.9 Å². The number of carbonyl (C=O) groups excluding carboxylic acids is 1. The number of rotatable bonds is 6. The van der Waals surface area contributed by atoms with Crippen LogP contribution in [0.4, 0.5) is 33.7 Å². The van der Waals surface area contributed by atoms with Gasteiger partial charge in [-0.3, -0.25) is 0 Å². The number of aromatic amines is 1. The number of benzene rings is 2. The molecule has 0 spiro atoms. The van der Waals surface area contributed by atoms with Crippen LogP contribution in [0.2, 0.25) is 0 Å². The number of H-pyrrole nitrogens is 1. The molecule has 0 aliphatic heterocycles. The Kier molecular flexibility index (Phi) is 6.13. The first kappa shape index (κ1) is 20.1. The Balaban J connectivity index is 1.52. The fourth-order valence-corrected chi connectivity index (χ4v) is 3.22. The third-order valence-corrected chi connectivity index (χ3v) is 4.80. The molecule has 1 heterocycles. The molecule has 1 aromatic heterocycles. The van der Waals surface area contributed by atoms with Crippen LogP contribution in [0.1, 0.15) is 12.0 Å². The lowest BCUT2D eigenvalue weighted by Gasteiger charge is -2.08. The van der Waals surface area contributed by atoms with Crippen LogP contribution in [-0.2, 0) is 6.42 Å². The van der Waals surface area contributed by atoms with Gasteiger partial charge in [-0.25, -0.2) is 9.18 Å². The molecule has 3 rings (SSSR count). The summed E-state index contributed by atoms with van der Waals surface area (Å²) in [5.41, 5.74) is -1.62. The van der Waals surface area contributed by atoms with Crippen LogP contribution in [0.5, 0.6) is 0 Å². The van der Waals surface area contributed by atoms with E-state index >= 15 is 0 Å². The Hall–Kier alpha value is -2.68. The molecule has 0 fully saturated rings. The number of aryl methyl sites for hydroxylation is 1. The van der Waals surface area contributed by atoms with E-state index in [0.717, 1.165) is 5.56 Å². The number of halogens is 4. The van der Waals surface area contributed by atoms with Crippen molar-refractivity contribution in [1.29, 1.82) is 0 Å². The molecule has 3 N–H and O–H groups in total. The maximum Gasteiger partial charge on any atom is 0.441 e. The fraction of sp³-hybridized carbons (Fsp3) is 0.211. The van der Waals surface area contributed by atoms with Crippen molar-refractivity contribution in [3.63, 3.8) is 0 Å². The van der Waals surface area contributed by atoms with Crippen molar-refractivity contribution in [2.45, 2.75) is 18.3 Å². The van der Waals surface area contributed by atoms with Crippen molar-refractivity contribution in [3.8, 4) is 0 Å². The first-order valence-corrected chi connectivity index (χ1v) is 9.43. The number of fused-ring (bicyclic) bond motifs is 1. The number of urea groups is 1. The number of anilines is 2. The fourth-order valence-electron chi connectivity index (χ4n) is 2.70. The van der Waals surface area contributed by atoms with Crippen molar-refractivity contribution in [2.75, 3.05) is 16.4 Å². The lowest BCUT2D eigenvalue weighted by atomic mass is 10.1. The molecule has 28 heavy (non-hydrogen) atoms. The standard InChI is InChI=1S/C19H17F4N3OS/c20-13-5-8-16-15(10-13)17(11-24-16)26-18(27)25-14-6-3-12(4-7-14)2-1-9-28-19(21,22)23/h3-8,10-11,24H,1-2,9H2,(H2,25,26,27). The predicted molar refractivity (Wildman–Crippen MR) is 104 cm³/mol. The molecule has 2 aromatic carbocycles. The normalized spacial score (nSPS) is 11.6. The minimum atomic E-state index is -4.20. The summed E-state index contributed by atoms with van der Waals surface area (Å²) in [5, 5.41) is 5.87. The van der Waals surface area contributed by atoms with Gasteiger partial charge in [0, 0.05) is 28.5 Å². The highest BCUT2D eigenvalue weighted by atomic mass is 32.2. The van der Waals surface area contributed by atoms with E-state index in [4.69, 9.17) is 0 Å². The SMILES string of the molecule is O=C(Nc1ccc(CCCSC(F)(F)F)cc1)Nc1c[nH]c2ccc(F)cc12. The van der Waals surface area contributed by atoms with Crippen molar-refractivity contribution in [2.24, 2.45) is 0 Å². The second-order valence-electron chi connectivity index (χ2n) is 6.07. The molecule has 3 aromatic rings. The van der Waals surface area contributed by atoms with Gasteiger partial charge in [-0.2, -0.15) is 13.2 Å². The second-order valence-corrected chi connectivity index (χ2v) is 7.23. The Morgan fingerprint density at radius 2 is 1.82 bits per heavy atom. The topological polar surface area (TPSA) is 56.9 Å². The summed E-state index contributed by atoms with van der Waals surface area (Å²) in [4.78, 5) is 15.1. The van der Waals surface area contributed by atoms with E-state index in [2.05, 4.69) is 15.6 Å². The lowest BCUT2D eigenvalue weighted by Crippen LogP contribution is -2.19. The molecular weight excluding hydrogens is 394 g/mol. The molecule has 0 saturated heterocycles. The van der Waals surface area contributed by atoms with E-state index in [1.54, 1.807) is 36.5 Å². The Morgan fingerprint density at radius 1 is 1.07 bits per heavy atom. The van der Waals surface area contributed by atoms with E-state index < -0.39 is 17.4 Å². The van der Waals surface area contributed by atoms with Gasteiger partial charge in [0.1, 0.15) is 5.82 Å². The molecule has 0 atom stereocenters. The number of nitrogens with one attached hydrogen (secondary N) is 3. The number of hydrogen-bond donors (Lipinski definition) is 3. The smallest absolute Gasteiger partial charge is 0.359 e. The zero-order valence-corrected chi connectivity index (χ0v) is 15.4. The van der Waals surface area contributed by atoms with Crippen LogP contribution >= 0.6 is 11.8 Å². The number of carbonyl (C=O) groups is 1. The van der Waals surface area contributed by atoms with Crippen molar-refractivity contribution in [3.05, 3.63) is 60.0 Å². The van der Waals surface area contributed by atoms with Gasteiger partial charge in [0.2, 0.25) is 0 Å². The molecule has 2 amide bonds. The third-order valence-electron chi connectivity index (χ3n) is 3.98. The molecule has 0 bridgehead atoms. The maximum atomic E-state index is 13.4. The number of aromatic nitrogens is 1. The quantitative estimate of drug-likeness (QED) is 0.337. The molecule has 9 heteroatoms. The number of hydrogen-bond acceptors (Lipinski definition) is 2. The molecule has 0 unspecified atom stereocenters. The Labute approximate surface area is 162 Å². The number of thioether (sulfide) groups is 1. The number of amides is 2. The summed E-state index contributed by atoms with van der Waals surface area (Å²) in [5.74, 6) is -0.392. The summed E-state index contributed by atoms with van der Waals surface area (Å²) in [6.07, 6.45) is 2.51. The summed E-state index contributed by atoms with van der Waals surface area (Å²) in [7, 11) is 0. The molecule has 4 nitrogen and oxygen atoms in total. The first-order chi connectivity index (χ1) is 13.3. The van der Waals surface area contributed by atoms with Crippen LogP contribution in [-0.4, -0.2) is 22.3 Å². The van der Waals surface area contributed by atoms with Gasteiger partial charge in [-0.05, 0) is 48.7 Å². The van der Waals surface area contributed by atoms with Crippen LogP contribution in [0, 0.1) is 5.82 Å². The zero-order valence-electron chi connectivity index (χ0n) is 14.6. The van der Waals surface area contributed by atoms with E-state index in [1.807, 2.05) is 0 Å². The van der Waals surface area contributed by atoms with Gasteiger partial charge in [0.05, 0.1) is 5.69 Å². The predicted octanol–water partition coefficient (Wildman–Crippen LogP) is 6.14. The van der Waals surface area contributed by atoms with Gasteiger partial charge < -0.3 is 15.6 Å². The average molecular weight is 411 g/mol. The first-order valence-electron chi connectivity index (χ1n) is 8.44. The van der Waals surface area contributed by atoms with Crippen molar-refractivity contribution >= 4 is 40.1 Å². The minimum absolute atomic E-state index is 0.0110. The van der Waals surface area contributed by atoms with Crippen LogP contribution in [0.3, 0.4) is 0 Å². The molecular formula is C19H17F4N3OS. The molecule has 0 saturated carbocycles. The monoisotopic (exact) mass is 411 g/mol. The maximum absolute atomic E-state index is 13.4.